The van der Waals surface area contributed by atoms with Gasteiger partial charge in [0.1, 0.15) is 5.75 Å². The van der Waals surface area contributed by atoms with Gasteiger partial charge in [0.2, 0.25) is 5.95 Å². The Kier molecular flexibility index (Phi) is 5.83. The quantitative estimate of drug-likeness (QED) is 0.738. The van der Waals surface area contributed by atoms with E-state index in [1.54, 1.807) is 24.3 Å². The first-order valence-corrected chi connectivity index (χ1v) is 10.5. The second-order valence-corrected chi connectivity index (χ2v) is 7.67. The lowest BCUT2D eigenvalue weighted by atomic mass is 10.0. The number of aromatic amines is 1. The summed E-state index contributed by atoms with van der Waals surface area (Å²) in [7, 11) is 0. The molecule has 0 spiro atoms. The predicted octanol–water partition coefficient (Wildman–Crippen LogP) is 0.887. The molecule has 1 aromatic carbocycles. The van der Waals surface area contributed by atoms with Crippen molar-refractivity contribution in [2.45, 2.75) is 45.6 Å². The Bertz CT molecular complexity index is 1200. The normalized spacial score (nSPS) is 18.3. The number of nitrogens with one attached hydrogen (secondary N) is 2. The van der Waals surface area contributed by atoms with Crippen LogP contribution in [0.25, 0.3) is 5.57 Å². The number of rotatable bonds is 5. The van der Waals surface area contributed by atoms with E-state index in [4.69, 9.17) is 4.74 Å². The molecule has 9 nitrogen and oxygen atoms in total. The molecule has 9 heteroatoms. The number of para-hydroxylation sites is 2. The summed E-state index contributed by atoms with van der Waals surface area (Å²) in [5.74, 6) is -0.169. The van der Waals surface area contributed by atoms with Crippen molar-refractivity contribution in [1.29, 1.82) is 0 Å². The van der Waals surface area contributed by atoms with Crippen LogP contribution in [0.4, 0.5) is 11.6 Å². The van der Waals surface area contributed by atoms with Gasteiger partial charge in [-0.2, -0.15) is 9.98 Å². The highest BCUT2D eigenvalue weighted by Gasteiger charge is 2.25. The third-order valence-corrected chi connectivity index (χ3v) is 5.53. The second kappa shape index (κ2) is 8.71. The number of nitrogens with zero attached hydrogens (tertiary/aromatic N) is 3. The van der Waals surface area contributed by atoms with Crippen molar-refractivity contribution in [3.8, 4) is 5.75 Å². The fraction of sp³-hybridized carbons (Fsp3) is 0.409. The van der Waals surface area contributed by atoms with E-state index in [1.165, 1.54) is 0 Å². The van der Waals surface area contributed by atoms with Crippen LogP contribution in [0.3, 0.4) is 0 Å². The summed E-state index contributed by atoms with van der Waals surface area (Å²) in [5.41, 5.74) is 0.0306. The first-order chi connectivity index (χ1) is 15.0. The maximum absolute atomic E-state index is 13.0. The molecule has 31 heavy (non-hydrogen) atoms. The molecule has 1 fully saturated rings. The average molecular weight is 423 g/mol. The highest BCUT2D eigenvalue weighted by atomic mass is 16.5. The zero-order valence-corrected chi connectivity index (χ0v) is 17.6. The third-order valence-electron chi connectivity index (χ3n) is 5.53. The molecule has 2 amide bonds. The summed E-state index contributed by atoms with van der Waals surface area (Å²) >= 11 is 0. The molecule has 3 heterocycles. The summed E-state index contributed by atoms with van der Waals surface area (Å²) in [4.78, 5) is 51.5. The molecule has 0 saturated carbocycles. The number of piperidine rings is 1. The SMILES string of the molecule is CCOc1ccccc1NC(=O)C1=c2c(nc(N3CCCCC3C)[nH]c2=O)=NC(=O)C1. The number of aromatic nitrogens is 2. The molecule has 1 atom stereocenters. The van der Waals surface area contributed by atoms with Crippen molar-refractivity contribution < 1.29 is 14.3 Å². The molecule has 2 N–H and O–H groups in total. The summed E-state index contributed by atoms with van der Waals surface area (Å²) in [6.07, 6.45) is 2.85. The highest BCUT2D eigenvalue weighted by molar-refractivity contribution is 6.23. The highest BCUT2D eigenvalue weighted by Crippen LogP contribution is 2.24. The zero-order chi connectivity index (χ0) is 22.0. The number of amides is 2. The molecule has 2 aliphatic heterocycles. The molecule has 1 aromatic heterocycles. The fourth-order valence-electron chi connectivity index (χ4n) is 3.99. The first kappa shape index (κ1) is 20.8. The van der Waals surface area contributed by atoms with Gasteiger partial charge in [0.25, 0.3) is 17.4 Å². The zero-order valence-electron chi connectivity index (χ0n) is 17.6. The minimum atomic E-state index is -0.553. The van der Waals surface area contributed by atoms with Gasteiger partial charge < -0.3 is 15.0 Å². The van der Waals surface area contributed by atoms with Crippen LogP contribution in [0.5, 0.6) is 5.75 Å². The smallest absolute Gasteiger partial charge is 0.262 e. The summed E-state index contributed by atoms with van der Waals surface area (Å²) < 4.78 is 5.54. The van der Waals surface area contributed by atoms with E-state index in [9.17, 15) is 14.4 Å². The van der Waals surface area contributed by atoms with Gasteiger partial charge in [0.15, 0.2) is 5.49 Å². The summed E-state index contributed by atoms with van der Waals surface area (Å²) in [6, 6.07) is 7.21. The Morgan fingerprint density at radius 1 is 1.29 bits per heavy atom. The van der Waals surface area contributed by atoms with E-state index >= 15 is 0 Å². The number of hydrogen-bond acceptors (Lipinski definition) is 6. The fourth-order valence-corrected chi connectivity index (χ4v) is 3.99. The molecule has 1 saturated heterocycles. The van der Waals surface area contributed by atoms with Crippen LogP contribution in [0.15, 0.2) is 34.1 Å². The van der Waals surface area contributed by atoms with Crippen LogP contribution in [-0.2, 0) is 9.59 Å². The van der Waals surface area contributed by atoms with E-state index in [1.807, 2.05) is 11.8 Å². The van der Waals surface area contributed by atoms with Gasteiger partial charge in [-0.05, 0) is 45.2 Å². The molecular formula is C22H25N5O4. The minimum absolute atomic E-state index is 0.00369. The maximum Gasteiger partial charge on any atom is 0.262 e. The molecule has 2 aromatic rings. The number of hydrogen-bond donors (Lipinski definition) is 2. The van der Waals surface area contributed by atoms with Gasteiger partial charge in [0, 0.05) is 18.2 Å². The van der Waals surface area contributed by atoms with Crippen LogP contribution in [0.2, 0.25) is 0 Å². The summed E-state index contributed by atoms with van der Waals surface area (Å²) in [5, 5.41) is 2.79. The van der Waals surface area contributed by atoms with Gasteiger partial charge in [-0.3, -0.25) is 19.4 Å². The lowest BCUT2D eigenvalue weighted by Crippen LogP contribution is -2.51. The van der Waals surface area contributed by atoms with Gasteiger partial charge >= 0.3 is 0 Å². The van der Waals surface area contributed by atoms with Crippen molar-refractivity contribution in [1.82, 2.24) is 9.97 Å². The number of ether oxygens (including phenoxy) is 1. The van der Waals surface area contributed by atoms with Crippen molar-refractivity contribution >= 4 is 29.0 Å². The van der Waals surface area contributed by atoms with Crippen LogP contribution in [-0.4, -0.2) is 41.0 Å². The van der Waals surface area contributed by atoms with Crippen molar-refractivity contribution in [3.05, 3.63) is 45.3 Å². The molecule has 4 rings (SSSR count). The van der Waals surface area contributed by atoms with Crippen molar-refractivity contribution in [2.24, 2.45) is 4.99 Å². The van der Waals surface area contributed by atoms with Gasteiger partial charge in [0.05, 0.1) is 23.9 Å². The first-order valence-electron chi connectivity index (χ1n) is 10.5. The maximum atomic E-state index is 13.0. The minimum Gasteiger partial charge on any atom is -0.492 e. The van der Waals surface area contributed by atoms with Gasteiger partial charge in [-0.15, -0.1) is 0 Å². The van der Waals surface area contributed by atoms with Gasteiger partial charge in [-0.1, -0.05) is 12.1 Å². The number of anilines is 2. The van der Waals surface area contributed by atoms with E-state index in [2.05, 4.69) is 27.2 Å². The lowest BCUT2D eigenvalue weighted by Gasteiger charge is -2.33. The van der Waals surface area contributed by atoms with Crippen LogP contribution in [0.1, 0.15) is 39.5 Å². The van der Waals surface area contributed by atoms with Crippen molar-refractivity contribution in [3.63, 3.8) is 0 Å². The van der Waals surface area contributed by atoms with Gasteiger partial charge in [-0.25, -0.2) is 0 Å². The Hall–Kier alpha value is -3.49. The van der Waals surface area contributed by atoms with Crippen LogP contribution < -0.4 is 31.2 Å². The van der Waals surface area contributed by atoms with E-state index in [0.717, 1.165) is 25.8 Å². The van der Waals surface area contributed by atoms with Crippen LogP contribution in [0, 0.1) is 0 Å². The number of H-pyrrole nitrogens is 1. The molecule has 1 unspecified atom stereocenters. The number of carbonyl (C=O) groups is 2. The Morgan fingerprint density at radius 3 is 2.87 bits per heavy atom. The average Bonchev–Trinajstić information content (AvgIpc) is 2.74. The van der Waals surface area contributed by atoms with E-state index in [0.29, 0.717) is 24.0 Å². The molecule has 0 radical (unpaired) electrons. The lowest BCUT2D eigenvalue weighted by molar-refractivity contribution is -0.118. The van der Waals surface area contributed by atoms with Crippen molar-refractivity contribution in [2.75, 3.05) is 23.4 Å². The monoisotopic (exact) mass is 423 g/mol. The Balaban J connectivity index is 1.76. The molecule has 0 aliphatic carbocycles. The van der Waals surface area contributed by atoms with E-state index < -0.39 is 17.4 Å². The second-order valence-electron chi connectivity index (χ2n) is 7.67. The topological polar surface area (TPSA) is 117 Å². The Morgan fingerprint density at radius 2 is 2.10 bits per heavy atom. The number of benzene rings is 1. The largest absolute Gasteiger partial charge is 0.492 e. The van der Waals surface area contributed by atoms with E-state index in [-0.39, 0.29) is 28.7 Å². The van der Waals surface area contributed by atoms with Crippen LogP contribution >= 0.6 is 0 Å². The molecule has 0 bridgehead atoms. The standard InChI is InChI=1S/C22H25N5O4/c1-3-31-16-10-5-4-9-15(16)23-20(29)14-12-17(28)24-19-18(14)21(30)26-22(25-19)27-11-7-6-8-13(27)2/h4-5,9-10,13H,3,6-8,11-12H2,1-2H3,(H,23,29)(H,24,25,26,28,30). The predicted molar refractivity (Wildman–Crippen MR) is 116 cm³/mol. The molecule has 162 valence electrons. The molecular weight excluding hydrogens is 398 g/mol. The number of carbonyl (C=O) groups excluding carboxylic acids is 2. The Labute approximate surface area is 178 Å². The third kappa shape index (κ3) is 4.21. The molecule has 2 aliphatic rings. The summed E-state index contributed by atoms with van der Waals surface area (Å²) in [6.45, 7) is 5.12. The number of fused-ring (bicyclic) bond motifs is 1.